The molecule has 0 bridgehead atoms. The van der Waals surface area contributed by atoms with E-state index in [1.165, 1.54) is 34.5 Å². The van der Waals surface area contributed by atoms with Gasteiger partial charge in [-0.1, -0.05) is 43.3 Å². The molecule has 0 aromatic heterocycles. The molecule has 4 rings (SSSR count). The minimum atomic E-state index is 0. The van der Waals surface area contributed by atoms with Crippen LogP contribution in [0.5, 0.6) is 0 Å². The van der Waals surface area contributed by atoms with Gasteiger partial charge in [-0.25, -0.2) is 0 Å². The summed E-state index contributed by atoms with van der Waals surface area (Å²) in [4.78, 5) is 2.65. The molecular formula is C20H25ClN2. The Morgan fingerprint density at radius 3 is 2.61 bits per heavy atom. The fourth-order valence-corrected chi connectivity index (χ4v) is 4.27. The Hall–Kier alpha value is -1.51. The summed E-state index contributed by atoms with van der Waals surface area (Å²) in [7, 11) is 2.05. The highest BCUT2D eigenvalue weighted by Gasteiger charge is 2.39. The zero-order chi connectivity index (χ0) is 15.1. The van der Waals surface area contributed by atoms with Crippen LogP contribution in [0.2, 0.25) is 0 Å². The number of nitrogens with zero attached hydrogens (tertiary/aromatic N) is 1. The summed E-state index contributed by atoms with van der Waals surface area (Å²) in [6.45, 7) is 3.46. The molecule has 23 heavy (non-hydrogen) atoms. The van der Waals surface area contributed by atoms with Crippen molar-refractivity contribution >= 4 is 23.8 Å². The number of hydrogen-bond acceptors (Lipinski definition) is 2. The third-order valence-corrected chi connectivity index (χ3v) is 5.40. The fraction of sp³-hybridized carbons (Fsp3) is 0.400. The van der Waals surface area contributed by atoms with Crippen LogP contribution in [0.15, 0.2) is 42.5 Å². The minimum absolute atomic E-state index is 0. The van der Waals surface area contributed by atoms with Crippen LogP contribution in [0, 0.1) is 0 Å². The summed E-state index contributed by atoms with van der Waals surface area (Å²) >= 11 is 0. The molecule has 2 aromatic carbocycles. The molecule has 2 aromatic rings. The van der Waals surface area contributed by atoms with Gasteiger partial charge >= 0.3 is 0 Å². The molecule has 0 saturated heterocycles. The van der Waals surface area contributed by atoms with Gasteiger partial charge in [0.15, 0.2) is 0 Å². The maximum atomic E-state index is 3.33. The second-order valence-corrected chi connectivity index (χ2v) is 6.60. The van der Waals surface area contributed by atoms with Crippen molar-refractivity contribution in [2.45, 2.75) is 38.1 Å². The topological polar surface area (TPSA) is 15.3 Å². The van der Waals surface area contributed by atoms with Gasteiger partial charge in [-0.05, 0) is 55.6 Å². The Labute approximate surface area is 145 Å². The van der Waals surface area contributed by atoms with E-state index in [2.05, 4.69) is 66.7 Å². The summed E-state index contributed by atoms with van der Waals surface area (Å²) < 4.78 is 0. The second kappa shape index (κ2) is 6.54. The van der Waals surface area contributed by atoms with Crippen molar-refractivity contribution in [1.82, 2.24) is 5.32 Å². The monoisotopic (exact) mass is 328 g/mol. The smallest absolute Gasteiger partial charge is 0.0482 e. The highest BCUT2D eigenvalue weighted by atomic mass is 35.5. The van der Waals surface area contributed by atoms with E-state index < -0.39 is 0 Å². The van der Waals surface area contributed by atoms with Gasteiger partial charge in [0.1, 0.15) is 0 Å². The van der Waals surface area contributed by atoms with E-state index in [1.807, 2.05) is 0 Å². The van der Waals surface area contributed by atoms with Gasteiger partial charge in [0.25, 0.3) is 0 Å². The average Bonchev–Trinajstić information content (AvgIpc) is 2.73. The highest BCUT2D eigenvalue weighted by molar-refractivity contribution is 5.85. The van der Waals surface area contributed by atoms with Crippen molar-refractivity contribution in [3.63, 3.8) is 0 Å². The van der Waals surface area contributed by atoms with Crippen molar-refractivity contribution in [1.29, 1.82) is 0 Å². The lowest BCUT2D eigenvalue weighted by Crippen LogP contribution is -2.32. The predicted molar refractivity (Wildman–Crippen MR) is 100 cm³/mol. The quantitative estimate of drug-likeness (QED) is 0.896. The van der Waals surface area contributed by atoms with Crippen LogP contribution in [0.4, 0.5) is 11.4 Å². The molecule has 0 unspecified atom stereocenters. The Morgan fingerprint density at radius 2 is 1.78 bits per heavy atom. The van der Waals surface area contributed by atoms with E-state index in [9.17, 15) is 0 Å². The van der Waals surface area contributed by atoms with E-state index in [0.717, 1.165) is 19.4 Å². The lowest BCUT2D eigenvalue weighted by atomic mass is 9.92. The zero-order valence-corrected chi connectivity index (χ0v) is 14.7. The average molecular weight is 329 g/mol. The van der Waals surface area contributed by atoms with Crippen molar-refractivity contribution < 1.29 is 0 Å². The van der Waals surface area contributed by atoms with Crippen LogP contribution < -0.4 is 10.2 Å². The van der Waals surface area contributed by atoms with E-state index >= 15 is 0 Å². The van der Waals surface area contributed by atoms with Gasteiger partial charge in [0.05, 0.1) is 0 Å². The fourth-order valence-electron chi connectivity index (χ4n) is 4.27. The number of anilines is 2. The van der Waals surface area contributed by atoms with Gasteiger partial charge in [0.2, 0.25) is 0 Å². The maximum absolute atomic E-state index is 3.33. The van der Waals surface area contributed by atoms with Crippen molar-refractivity contribution in [3.05, 3.63) is 59.2 Å². The number of aryl methyl sites for hydroxylation is 2. The van der Waals surface area contributed by atoms with Gasteiger partial charge in [-0.2, -0.15) is 0 Å². The lowest BCUT2D eigenvalue weighted by molar-refractivity contribution is 0.535. The van der Waals surface area contributed by atoms with Crippen LogP contribution in [-0.4, -0.2) is 19.6 Å². The van der Waals surface area contributed by atoms with Crippen molar-refractivity contribution in [3.8, 4) is 0 Å². The summed E-state index contributed by atoms with van der Waals surface area (Å²) in [5.41, 5.74) is 7.48. The normalized spacial score (nSPS) is 21.2. The molecule has 0 aliphatic carbocycles. The summed E-state index contributed by atoms with van der Waals surface area (Å²) in [6, 6.07) is 16.4. The van der Waals surface area contributed by atoms with Gasteiger partial charge in [0, 0.05) is 23.3 Å². The molecule has 122 valence electrons. The molecule has 1 N–H and O–H groups in total. The first-order valence-electron chi connectivity index (χ1n) is 8.45. The molecule has 0 spiro atoms. The Balaban J connectivity index is 0.00000156. The van der Waals surface area contributed by atoms with E-state index in [4.69, 9.17) is 0 Å². The number of halogens is 1. The molecule has 2 aliphatic heterocycles. The molecule has 0 fully saturated rings. The number of nitrogens with one attached hydrogen (secondary N) is 1. The number of hydrogen-bond donors (Lipinski definition) is 1. The number of rotatable bonds is 3. The summed E-state index contributed by atoms with van der Waals surface area (Å²) in [5, 5.41) is 3.33. The van der Waals surface area contributed by atoms with Crippen LogP contribution in [-0.2, 0) is 12.8 Å². The molecule has 3 heteroatoms. The second-order valence-electron chi connectivity index (χ2n) is 6.60. The van der Waals surface area contributed by atoms with Crippen LogP contribution in [0.1, 0.15) is 36.0 Å². The Bertz CT molecular complexity index is 698. The molecule has 2 nitrogen and oxygen atoms in total. The van der Waals surface area contributed by atoms with Crippen molar-refractivity contribution in [2.75, 3.05) is 18.5 Å². The standard InChI is InChI=1S/C20H24N2.ClH/c1-14-17-8-5-7-16-11-10-15-6-3-4-9-19(15)22(20(16)17)18(14)12-13-21-2;/h3-9,14,18,21H,10-13H2,1-2H3;1H/t14-,18+;/m0./s1. The minimum Gasteiger partial charge on any atom is -0.337 e. The lowest BCUT2D eigenvalue weighted by Gasteiger charge is -2.31. The third kappa shape index (κ3) is 2.54. The third-order valence-electron chi connectivity index (χ3n) is 5.40. The largest absolute Gasteiger partial charge is 0.337 e. The van der Waals surface area contributed by atoms with Crippen molar-refractivity contribution in [2.24, 2.45) is 0 Å². The zero-order valence-electron chi connectivity index (χ0n) is 13.9. The van der Waals surface area contributed by atoms with E-state index in [-0.39, 0.29) is 12.4 Å². The molecule has 2 aliphatic rings. The maximum Gasteiger partial charge on any atom is 0.0482 e. The van der Waals surface area contributed by atoms with Crippen LogP contribution in [0.3, 0.4) is 0 Å². The number of para-hydroxylation sites is 2. The number of benzene rings is 2. The van der Waals surface area contributed by atoms with Crippen LogP contribution >= 0.6 is 12.4 Å². The first kappa shape index (κ1) is 16.4. The van der Waals surface area contributed by atoms with Gasteiger partial charge in [-0.15, -0.1) is 12.4 Å². The van der Waals surface area contributed by atoms with E-state index in [1.54, 1.807) is 0 Å². The molecule has 2 heterocycles. The number of fused-ring (bicyclic) bond motifs is 2. The summed E-state index contributed by atoms with van der Waals surface area (Å²) in [6.07, 6.45) is 3.48. The highest BCUT2D eigenvalue weighted by Crippen LogP contribution is 2.50. The molecular weight excluding hydrogens is 304 g/mol. The van der Waals surface area contributed by atoms with Gasteiger partial charge in [-0.3, -0.25) is 0 Å². The van der Waals surface area contributed by atoms with Gasteiger partial charge < -0.3 is 10.2 Å². The predicted octanol–water partition coefficient (Wildman–Crippen LogP) is 4.44. The molecule has 0 radical (unpaired) electrons. The first-order valence-corrected chi connectivity index (χ1v) is 8.45. The Morgan fingerprint density at radius 1 is 1.04 bits per heavy atom. The Kier molecular flexibility index (Phi) is 4.65. The molecule has 0 amide bonds. The first-order chi connectivity index (χ1) is 10.8. The van der Waals surface area contributed by atoms with E-state index in [0.29, 0.717) is 12.0 Å². The molecule has 0 saturated carbocycles. The van der Waals surface area contributed by atoms with Crippen LogP contribution in [0.25, 0.3) is 0 Å². The SMILES string of the molecule is CNCC[C@@H]1[C@@H](C)c2cccc3c2N1c1ccccc1CC3.Cl. The summed E-state index contributed by atoms with van der Waals surface area (Å²) in [5.74, 6) is 0.592. The molecule has 2 atom stereocenters.